The average molecular weight is 387 g/mol. The molecule has 1 amide bonds. The van der Waals surface area contributed by atoms with Crippen LogP contribution in [0, 0.1) is 0 Å². The number of sulfonamides is 1. The normalized spacial score (nSPS) is 22.5. The topological polar surface area (TPSA) is 107 Å². The molecule has 0 aliphatic carbocycles. The highest BCUT2D eigenvalue weighted by molar-refractivity contribution is 7.88. The molecule has 1 atom stereocenters. The third kappa shape index (κ3) is 3.99. The summed E-state index contributed by atoms with van der Waals surface area (Å²) in [6.07, 6.45) is 2.66. The molecular weight excluding hydrogens is 362 g/mol. The maximum absolute atomic E-state index is 12.5. The van der Waals surface area contributed by atoms with Crippen LogP contribution in [-0.2, 0) is 33.1 Å². The molecule has 1 aromatic rings. The summed E-state index contributed by atoms with van der Waals surface area (Å²) in [6, 6.07) is 0. The number of morpholine rings is 1. The Labute approximate surface area is 152 Å². The molecule has 0 radical (unpaired) electrons. The van der Waals surface area contributed by atoms with Crippen molar-refractivity contribution in [2.45, 2.75) is 25.3 Å². The molecule has 0 saturated carbocycles. The highest BCUT2D eigenvalue weighted by atomic mass is 32.2. The van der Waals surface area contributed by atoms with Crippen molar-refractivity contribution in [3.8, 4) is 0 Å². The molecule has 11 heteroatoms. The average Bonchev–Trinajstić information content (AvgIpc) is 2.90. The molecule has 2 fully saturated rings. The maximum Gasteiger partial charge on any atom is 0.346 e. The Balaban J connectivity index is 1.76. The van der Waals surface area contributed by atoms with Gasteiger partial charge in [0.25, 0.3) is 0 Å². The number of nitrogens with zero attached hydrogens (tertiary/aromatic N) is 5. The van der Waals surface area contributed by atoms with E-state index in [-0.39, 0.29) is 24.1 Å². The quantitative estimate of drug-likeness (QED) is 0.628. The lowest BCUT2D eigenvalue weighted by Gasteiger charge is -2.30. The van der Waals surface area contributed by atoms with Crippen molar-refractivity contribution in [1.29, 1.82) is 0 Å². The summed E-state index contributed by atoms with van der Waals surface area (Å²) in [5, 5.41) is 4.35. The molecule has 10 nitrogen and oxygen atoms in total. The first-order valence-electron chi connectivity index (χ1n) is 8.71. The number of rotatable bonds is 4. The van der Waals surface area contributed by atoms with Crippen molar-refractivity contribution in [1.82, 2.24) is 23.6 Å². The van der Waals surface area contributed by atoms with Gasteiger partial charge in [-0.2, -0.15) is 5.10 Å². The van der Waals surface area contributed by atoms with Gasteiger partial charge in [-0.25, -0.2) is 22.2 Å². The van der Waals surface area contributed by atoms with Crippen LogP contribution in [0.3, 0.4) is 0 Å². The highest BCUT2D eigenvalue weighted by Crippen LogP contribution is 2.26. The Bertz CT molecular complexity index is 824. The molecule has 3 rings (SSSR count). The van der Waals surface area contributed by atoms with E-state index in [9.17, 15) is 18.0 Å². The third-order valence-electron chi connectivity index (χ3n) is 4.94. The van der Waals surface area contributed by atoms with Gasteiger partial charge in [0.2, 0.25) is 15.9 Å². The number of ether oxygens (including phenoxy) is 1. The molecule has 2 aliphatic heterocycles. The fraction of sp³-hybridized carbons (Fsp3) is 0.800. The van der Waals surface area contributed by atoms with Crippen LogP contribution in [0.25, 0.3) is 0 Å². The first kappa shape index (κ1) is 19.1. The van der Waals surface area contributed by atoms with Crippen molar-refractivity contribution in [3.05, 3.63) is 16.3 Å². The van der Waals surface area contributed by atoms with Gasteiger partial charge in [-0.15, -0.1) is 0 Å². The number of hydrogen-bond acceptors (Lipinski definition) is 6. The number of carbonyl (C=O) groups excluding carboxylic acids is 1. The lowest BCUT2D eigenvalue weighted by Crippen LogP contribution is -2.43. The van der Waals surface area contributed by atoms with E-state index in [1.807, 2.05) is 0 Å². The van der Waals surface area contributed by atoms with Crippen LogP contribution >= 0.6 is 0 Å². The summed E-state index contributed by atoms with van der Waals surface area (Å²) in [6.45, 7) is 2.70. The van der Waals surface area contributed by atoms with E-state index < -0.39 is 10.0 Å². The molecule has 2 aliphatic rings. The Kier molecular flexibility index (Phi) is 5.49. The number of hydrogen-bond donors (Lipinski definition) is 0. The second kappa shape index (κ2) is 7.49. The summed E-state index contributed by atoms with van der Waals surface area (Å²) in [7, 11) is -1.67. The van der Waals surface area contributed by atoms with E-state index in [0.29, 0.717) is 51.6 Å². The zero-order chi connectivity index (χ0) is 18.9. The van der Waals surface area contributed by atoms with Gasteiger partial charge in [-0.1, -0.05) is 0 Å². The molecule has 1 aromatic heterocycles. The minimum Gasteiger partial charge on any atom is -0.378 e. The van der Waals surface area contributed by atoms with Crippen LogP contribution in [0.2, 0.25) is 0 Å². The fourth-order valence-corrected chi connectivity index (χ4v) is 4.37. The maximum atomic E-state index is 12.5. The molecule has 146 valence electrons. The summed E-state index contributed by atoms with van der Waals surface area (Å²) in [5.74, 6) is 0.204. The van der Waals surface area contributed by atoms with Crippen molar-refractivity contribution in [3.63, 3.8) is 0 Å². The van der Waals surface area contributed by atoms with Gasteiger partial charge in [-0.3, -0.25) is 9.36 Å². The predicted octanol–water partition coefficient (Wildman–Crippen LogP) is -1.42. The Hall–Kier alpha value is -1.72. The summed E-state index contributed by atoms with van der Waals surface area (Å²) >= 11 is 0. The molecule has 2 saturated heterocycles. The van der Waals surface area contributed by atoms with Gasteiger partial charge in [0.05, 0.1) is 19.5 Å². The minimum atomic E-state index is -3.28. The highest BCUT2D eigenvalue weighted by Gasteiger charge is 2.30. The lowest BCUT2D eigenvalue weighted by atomic mass is 9.99. The second-order valence-electron chi connectivity index (χ2n) is 6.81. The molecule has 0 N–H and O–H groups in total. The molecule has 0 spiro atoms. The minimum absolute atomic E-state index is 0.116. The molecular formula is C15H25N5O5S. The van der Waals surface area contributed by atoms with Crippen LogP contribution < -0.4 is 5.69 Å². The summed E-state index contributed by atoms with van der Waals surface area (Å²) in [5.41, 5.74) is -0.363. The SMILES string of the molecule is Cn1c([C@@H]2CCCN(S(C)(=O)=O)C2)nn(CC(=O)N2CCOCC2)c1=O. The van der Waals surface area contributed by atoms with E-state index in [4.69, 9.17) is 4.74 Å². The van der Waals surface area contributed by atoms with E-state index in [1.54, 1.807) is 11.9 Å². The number of piperidine rings is 1. The third-order valence-corrected chi connectivity index (χ3v) is 6.21. The molecule has 0 bridgehead atoms. The van der Waals surface area contributed by atoms with Crippen LogP contribution in [0.5, 0.6) is 0 Å². The number of carbonyl (C=O) groups is 1. The van der Waals surface area contributed by atoms with E-state index >= 15 is 0 Å². The lowest BCUT2D eigenvalue weighted by molar-refractivity contribution is -0.136. The van der Waals surface area contributed by atoms with E-state index in [1.165, 1.54) is 19.8 Å². The Morgan fingerprint density at radius 3 is 2.62 bits per heavy atom. The van der Waals surface area contributed by atoms with Crippen molar-refractivity contribution in [2.24, 2.45) is 7.05 Å². The fourth-order valence-electron chi connectivity index (χ4n) is 3.46. The molecule has 26 heavy (non-hydrogen) atoms. The Morgan fingerprint density at radius 2 is 1.96 bits per heavy atom. The molecule has 0 unspecified atom stereocenters. The second-order valence-corrected chi connectivity index (χ2v) is 8.79. The zero-order valence-electron chi connectivity index (χ0n) is 15.1. The van der Waals surface area contributed by atoms with Crippen LogP contribution in [0.15, 0.2) is 4.79 Å². The molecule has 3 heterocycles. The number of aromatic nitrogens is 3. The monoisotopic (exact) mass is 387 g/mol. The smallest absolute Gasteiger partial charge is 0.346 e. The first-order chi connectivity index (χ1) is 12.3. The Morgan fingerprint density at radius 1 is 1.27 bits per heavy atom. The van der Waals surface area contributed by atoms with E-state index in [0.717, 1.165) is 6.42 Å². The van der Waals surface area contributed by atoms with Crippen molar-refractivity contribution >= 4 is 15.9 Å². The van der Waals surface area contributed by atoms with Gasteiger partial charge in [0.15, 0.2) is 0 Å². The van der Waals surface area contributed by atoms with Gasteiger partial charge < -0.3 is 9.64 Å². The first-order valence-corrected chi connectivity index (χ1v) is 10.6. The van der Waals surface area contributed by atoms with Gasteiger partial charge >= 0.3 is 5.69 Å². The standard InChI is InChI=1S/C15H25N5O5S/c1-17-14(12-4-3-5-19(10-12)26(2,23)24)16-20(15(17)22)11-13(21)18-6-8-25-9-7-18/h12H,3-11H2,1-2H3/t12-/m1/s1. The van der Waals surface area contributed by atoms with Crippen molar-refractivity contribution in [2.75, 3.05) is 45.6 Å². The van der Waals surface area contributed by atoms with E-state index in [2.05, 4.69) is 5.10 Å². The van der Waals surface area contributed by atoms with Crippen LogP contribution in [-0.4, -0.2) is 83.5 Å². The van der Waals surface area contributed by atoms with Gasteiger partial charge in [0.1, 0.15) is 12.4 Å². The van der Waals surface area contributed by atoms with Crippen molar-refractivity contribution < 1.29 is 17.9 Å². The summed E-state index contributed by atoms with van der Waals surface area (Å²) < 4.78 is 32.9. The zero-order valence-corrected chi connectivity index (χ0v) is 15.9. The van der Waals surface area contributed by atoms with Gasteiger partial charge in [-0.05, 0) is 12.8 Å². The van der Waals surface area contributed by atoms with Crippen LogP contribution in [0.4, 0.5) is 0 Å². The van der Waals surface area contributed by atoms with Gasteiger partial charge in [0, 0.05) is 39.1 Å². The molecule has 0 aromatic carbocycles. The predicted molar refractivity (Wildman–Crippen MR) is 93.3 cm³/mol. The summed E-state index contributed by atoms with van der Waals surface area (Å²) in [4.78, 5) is 26.5. The van der Waals surface area contributed by atoms with Crippen LogP contribution in [0.1, 0.15) is 24.6 Å². The largest absolute Gasteiger partial charge is 0.378 e. The number of amides is 1.